The van der Waals surface area contributed by atoms with Crippen LogP contribution in [0.4, 0.5) is 21.1 Å². The predicted molar refractivity (Wildman–Crippen MR) is 205 cm³/mol. The third-order valence-electron chi connectivity index (χ3n) is 9.91. The van der Waals surface area contributed by atoms with E-state index >= 15 is 0 Å². The highest BCUT2D eigenvalue weighted by Crippen LogP contribution is 2.35. The summed E-state index contributed by atoms with van der Waals surface area (Å²) in [4.78, 5) is 47.9. The lowest BCUT2D eigenvalue weighted by Gasteiger charge is -2.41. The van der Waals surface area contributed by atoms with Crippen molar-refractivity contribution in [1.29, 1.82) is 0 Å². The number of hydrogen-bond acceptors (Lipinski definition) is 10. The zero-order chi connectivity index (χ0) is 37.7. The van der Waals surface area contributed by atoms with Crippen LogP contribution in [-0.4, -0.2) is 109 Å². The SMILES string of the molecule is [C-]#[N+]CC1CN(c2nc(OC[C@H]3COCCN3C(=O)OC(C)(C)C)nc3c2CCN(c2cccc4ccccc24)C3)CCN1C(=O)OCc1ccccc1. The number of hydrogen-bond donors (Lipinski definition) is 0. The minimum absolute atomic E-state index is 0.117. The Labute approximate surface area is 316 Å². The molecule has 1 unspecified atom stereocenters. The third-order valence-corrected chi connectivity index (χ3v) is 9.91. The zero-order valence-electron chi connectivity index (χ0n) is 31.1. The quantitative estimate of drug-likeness (QED) is 0.201. The maximum atomic E-state index is 13.3. The average molecular weight is 734 g/mol. The molecule has 0 radical (unpaired) electrons. The monoisotopic (exact) mass is 733 g/mol. The molecule has 282 valence electrons. The Balaban J connectivity index is 1.15. The Bertz CT molecular complexity index is 1990. The van der Waals surface area contributed by atoms with E-state index in [0.717, 1.165) is 34.9 Å². The van der Waals surface area contributed by atoms with E-state index in [2.05, 4.69) is 51.0 Å². The van der Waals surface area contributed by atoms with Gasteiger partial charge in [-0.05, 0) is 44.2 Å². The van der Waals surface area contributed by atoms with Crippen LogP contribution in [0.1, 0.15) is 37.6 Å². The number of morpholine rings is 1. The Morgan fingerprint density at radius 1 is 0.889 bits per heavy atom. The van der Waals surface area contributed by atoms with Crippen LogP contribution < -0.4 is 14.5 Å². The highest BCUT2D eigenvalue weighted by Gasteiger charge is 2.37. The number of rotatable bonds is 8. The summed E-state index contributed by atoms with van der Waals surface area (Å²) in [7, 11) is 0. The van der Waals surface area contributed by atoms with Crippen molar-refractivity contribution < 1.29 is 28.5 Å². The molecular weight excluding hydrogens is 686 g/mol. The molecule has 2 saturated heterocycles. The van der Waals surface area contributed by atoms with Crippen LogP contribution in [0.5, 0.6) is 6.01 Å². The molecule has 13 nitrogen and oxygen atoms in total. The summed E-state index contributed by atoms with van der Waals surface area (Å²) in [6.07, 6.45) is -0.150. The standard InChI is InChI=1S/C41H47N7O6/c1-41(2,3)54-40(50)48-21-22-51-27-32(48)28-52-38-43-35-25-45(36-16-10-14-30-13-8-9-15-33(30)36)18-17-34(35)37(44-38)46-19-20-47(31(24-46)23-42-4)39(49)53-26-29-11-6-5-7-12-29/h5-16,31-32H,17-28H2,1-3H3/t31?,32-/m1/s1. The molecule has 3 aliphatic heterocycles. The second kappa shape index (κ2) is 16.2. The Morgan fingerprint density at radius 3 is 2.48 bits per heavy atom. The zero-order valence-corrected chi connectivity index (χ0v) is 31.1. The second-order valence-electron chi connectivity index (χ2n) is 14.8. The number of carbonyl (C=O) groups excluding carboxylic acids is 2. The van der Waals surface area contributed by atoms with Gasteiger partial charge in [0.05, 0.1) is 31.5 Å². The smallest absolute Gasteiger partial charge is 0.410 e. The molecule has 4 heterocycles. The van der Waals surface area contributed by atoms with Crippen molar-refractivity contribution in [2.45, 2.75) is 58.0 Å². The van der Waals surface area contributed by atoms with Crippen molar-refractivity contribution in [3.63, 3.8) is 0 Å². The molecule has 0 saturated carbocycles. The van der Waals surface area contributed by atoms with Gasteiger partial charge in [-0.2, -0.15) is 9.97 Å². The van der Waals surface area contributed by atoms with E-state index in [4.69, 9.17) is 35.5 Å². The van der Waals surface area contributed by atoms with Gasteiger partial charge < -0.3 is 33.6 Å². The Hall–Kier alpha value is -5.61. The van der Waals surface area contributed by atoms with Crippen molar-refractivity contribution in [1.82, 2.24) is 19.8 Å². The summed E-state index contributed by atoms with van der Waals surface area (Å²) in [5, 5.41) is 2.34. The van der Waals surface area contributed by atoms with Gasteiger partial charge in [-0.15, -0.1) is 0 Å². The van der Waals surface area contributed by atoms with Crippen LogP contribution in [-0.2, 0) is 33.8 Å². The molecule has 2 amide bonds. The number of aromatic nitrogens is 2. The maximum absolute atomic E-state index is 13.3. The molecule has 1 aromatic heterocycles. The van der Waals surface area contributed by atoms with Crippen molar-refractivity contribution in [2.24, 2.45) is 0 Å². The third kappa shape index (κ3) is 8.44. The molecule has 2 fully saturated rings. The number of amides is 2. The molecule has 3 aromatic carbocycles. The van der Waals surface area contributed by atoms with Crippen molar-refractivity contribution >= 4 is 34.5 Å². The second-order valence-corrected chi connectivity index (χ2v) is 14.8. The number of carbonyl (C=O) groups is 2. The number of piperazine rings is 1. The van der Waals surface area contributed by atoms with E-state index in [1.54, 1.807) is 9.80 Å². The van der Waals surface area contributed by atoms with Gasteiger partial charge in [0.25, 0.3) is 0 Å². The average Bonchev–Trinajstić information content (AvgIpc) is 3.18. The number of fused-ring (bicyclic) bond motifs is 2. The van der Waals surface area contributed by atoms with Crippen LogP contribution in [0.2, 0.25) is 0 Å². The van der Waals surface area contributed by atoms with Crippen LogP contribution in [0.25, 0.3) is 15.6 Å². The molecule has 7 rings (SSSR count). The molecule has 54 heavy (non-hydrogen) atoms. The summed E-state index contributed by atoms with van der Waals surface area (Å²) >= 11 is 0. The van der Waals surface area contributed by atoms with Crippen molar-refractivity contribution in [3.8, 4) is 6.01 Å². The lowest BCUT2D eigenvalue weighted by Crippen LogP contribution is -2.57. The number of nitrogens with zero attached hydrogens (tertiary/aromatic N) is 7. The Kier molecular flexibility index (Phi) is 11.0. The number of benzene rings is 3. The highest BCUT2D eigenvalue weighted by atomic mass is 16.6. The van der Waals surface area contributed by atoms with Gasteiger partial charge in [0.2, 0.25) is 6.54 Å². The van der Waals surface area contributed by atoms with E-state index < -0.39 is 29.9 Å². The summed E-state index contributed by atoms with van der Waals surface area (Å²) in [6.45, 7) is 17.3. The highest BCUT2D eigenvalue weighted by molar-refractivity contribution is 5.94. The normalized spacial score (nSPS) is 18.9. The molecule has 3 aliphatic rings. The van der Waals surface area contributed by atoms with Gasteiger partial charge >= 0.3 is 18.2 Å². The lowest BCUT2D eigenvalue weighted by atomic mass is 10.0. The molecule has 0 bridgehead atoms. The lowest BCUT2D eigenvalue weighted by molar-refractivity contribution is -0.0425. The van der Waals surface area contributed by atoms with Crippen LogP contribution >= 0.6 is 0 Å². The fraction of sp³-hybridized carbons (Fsp3) is 0.439. The van der Waals surface area contributed by atoms with Gasteiger partial charge in [-0.25, -0.2) is 16.2 Å². The van der Waals surface area contributed by atoms with Gasteiger partial charge in [-0.3, -0.25) is 9.80 Å². The topological polar surface area (TPSA) is 114 Å². The van der Waals surface area contributed by atoms with Crippen LogP contribution in [0.15, 0.2) is 72.8 Å². The molecule has 0 spiro atoms. The molecular formula is C41H47N7O6. The molecule has 2 atom stereocenters. The maximum Gasteiger partial charge on any atom is 0.410 e. The summed E-state index contributed by atoms with van der Waals surface area (Å²) < 4.78 is 23.5. The van der Waals surface area contributed by atoms with Gasteiger partial charge in [0.15, 0.2) is 0 Å². The van der Waals surface area contributed by atoms with Crippen LogP contribution in [0, 0.1) is 6.57 Å². The first-order valence-corrected chi connectivity index (χ1v) is 18.5. The first-order chi connectivity index (χ1) is 26.2. The number of anilines is 2. The van der Waals surface area contributed by atoms with E-state index in [0.29, 0.717) is 52.4 Å². The summed E-state index contributed by atoms with van der Waals surface area (Å²) in [6, 6.07) is 23.7. The summed E-state index contributed by atoms with van der Waals surface area (Å²) in [5.74, 6) is 0.740. The fourth-order valence-electron chi connectivity index (χ4n) is 7.28. The van der Waals surface area contributed by atoms with E-state index in [-0.39, 0.29) is 25.8 Å². The van der Waals surface area contributed by atoms with E-state index in [1.165, 1.54) is 10.8 Å². The van der Waals surface area contributed by atoms with Crippen LogP contribution in [0.3, 0.4) is 0 Å². The van der Waals surface area contributed by atoms with Gasteiger partial charge in [0, 0.05) is 49.4 Å². The van der Waals surface area contributed by atoms with Crippen molar-refractivity contribution in [2.75, 3.05) is 68.9 Å². The van der Waals surface area contributed by atoms with E-state index in [1.807, 2.05) is 57.2 Å². The van der Waals surface area contributed by atoms with Gasteiger partial charge in [-0.1, -0.05) is 66.7 Å². The fourth-order valence-corrected chi connectivity index (χ4v) is 7.28. The predicted octanol–water partition coefficient (Wildman–Crippen LogP) is 5.95. The summed E-state index contributed by atoms with van der Waals surface area (Å²) in [5.41, 5.74) is 3.27. The van der Waals surface area contributed by atoms with E-state index in [9.17, 15) is 9.59 Å². The molecule has 0 aliphatic carbocycles. The molecule has 13 heteroatoms. The minimum atomic E-state index is -0.638. The van der Waals surface area contributed by atoms with Gasteiger partial charge in [0.1, 0.15) is 30.7 Å². The first-order valence-electron chi connectivity index (χ1n) is 18.5. The number of ether oxygens (including phenoxy) is 4. The molecule has 4 aromatic rings. The minimum Gasteiger partial charge on any atom is -0.461 e. The largest absolute Gasteiger partial charge is 0.461 e. The first kappa shape index (κ1) is 36.7. The molecule has 0 N–H and O–H groups in total. The Morgan fingerprint density at radius 2 is 1.67 bits per heavy atom. The van der Waals surface area contributed by atoms with Crippen molar-refractivity contribution in [3.05, 3.63) is 101 Å².